The molecule has 6 nitrogen and oxygen atoms in total. The summed E-state index contributed by atoms with van der Waals surface area (Å²) < 4.78 is 30.6. The second kappa shape index (κ2) is 8.14. The number of rotatable bonds is 8. The van der Waals surface area contributed by atoms with Crippen LogP contribution in [0.2, 0.25) is 0 Å². The van der Waals surface area contributed by atoms with Crippen LogP contribution in [0.15, 0.2) is 24.3 Å². The number of amides is 1. The van der Waals surface area contributed by atoms with E-state index in [2.05, 4.69) is 10.0 Å². The molecule has 0 aromatic heterocycles. The standard InChI is InChI=1S/C15H24N2O4S/c1-5-11(2)16-15(18)10-14(17-22(4,19)20)12-6-8-13(21-3)9-7-12/h6-9,11,14,17H,5,10H2,1-4H3,(H,16,18)/t11-,14-/m1/s1. The van der Waals surface area contributed by atoms with Gasteiger partial charge in [-0.05, 0) is 31.0 Å². The molecular formula is C15H24N2O4S. The molecule has 22 heavy (non-hydrogen) atoms. The number of hydrogen-bond donors (Lipinski definition) is 2. The molecule has 0 unspecified atom stereocenters. The number of hydrogen-bond acceptors (Lipinski definition) is 4. The molecular weight excluding hydrogens is 304 g/mol. The minimum Gasteiger partial charge on any atom is -0.497 e. The summed E-state index contributed by atoms with van der Waals surface area (Å²) in [7, 11) is -1.87. The van der Waals surface area contributed by atoms with Gasteiger partial charge >= 0.3 is 0 Å². The molecule has 1 amide bonds. The number of carbonyl (C=O) groups is 1. The van der Waals surface area contributed by atoms with Crippen LogP contribution in [0.4, 0.5) is 0 Å². The lowest BCUT2D eigenvalue weighted by Gasteiger charge is -2.19. The molecule has 1 rings (SSSR count). The van der Waals surface area contributed by atoms with Crippen molar-refractivity contribution in [1.82, 2.24) is 10.0 Å². The Balaban J connectivity index is 2.90. The van der Waals surface area contributed by atoms with E-state index in [1.165, 1.54) is 0 Å². The summed E-state index contributed by atoms with van der Waals surface area (Å²) in [6.07, 6.45) is 1.94. The van der Waals surface area contributed by atoms with Crippen molar-refractivity contribution >= 4 is 15.9 Å². The fourth-order valence-corrected chi connectivity index (χ4v) is 2.68. The summed E-state index contributed by atoms with van der Waals surface area (Å²) >= 11 is 0. The zero-order valence-corrected chi connectivity index (χ0v) is 14.2. The topological polar surface area (TPSA) is 84.5 Å². The average molecular weight is 328 g/mol. The Bertz CT molecular complexity index is 584. The molecule has 0 heterocycles. The van der Waals surface area contributed by atoms with Gasteiger partial charge in [0.25, 0.3) is 0 Å². The van der Waals surface area contributed by atoms with Crippen LogP contribution >= 0.6 is 0 Å². The van der Waals surface area contributed by atoms with Crippen molar-refractivity contribution in [2.45, 2.75) is 38.8 Å². The maximum absolute atomic E-state index is 12.0. The van der Waals surface area contributed by atoms with Gasteiger partial charge in [0.2, 0.25) is 15.9 Å². The molecule has 0 aliphatic carbocycles. The lowest BCUT2D eigenvalue weighted by molar-refractivity contribution is -0.122. The Morgan fingerprint density at radius 1 is 1.27 bits per heavy atom. The molecule has 2 atom stereocenters. The highest BCUT2D eigenvalue weighted by Crippen LogP contribution is 2.21. The van der Waals surface area contributed by atoms with Gasteiger partial charge in [0.05, 0.1) is 19.4 Å². The van der Waals surface area contributed by atoms with Crippen LogP contribution in [0.3, 0.4) is 0 Å². The number of nitrogens with one attached hydrogen (secondary N) is 2. The van der Waals surface area contributed by atoms with Crippen LogP contribution < -0.4 is 14.8 Å². The fraction of sp³-hybridized carbons (Fsp3) is 0.533. The second-order valence-corrected chi connectivity index (χ2v) is 7.08. The first-order chi connectivity index (χ1) is 10.2. The van der Waals surface area contributed by atoms with Gasteiger partial charge in [-0.15, -0.1) is 0 Å². The quantitative estimate of drug-likeness (QED) is 0.759. The van der Waals surface area contributed by atoms with Crippen molar-refractivity contribution in [3.8, 4) is 5.75 Å². The van der Waals surface area contributed by atoms with Crippen molar-refractivity contribution in [1.29, 1.82) is 0 Å². The Kier molecular flexibility index (Phi) is 6.83. The number of benzene rings is 1. The molecule has 0 aliphatic rings. The van der Waals surface area contributed by atoms with E-state index in [0.29, 0.717) is 11.3 Å². The highest BCUT2D eigenvalue weighted by molar-refractivity contribution is 7.88. The van der Waals surface area contributed by atoms with Gasteiger partial charge in [0.1, 0.15) is 5.75 Å². The minimum atomic E-state index is -3.43. The number of carbonyl (C=O) groups excluding carboxylic acids is 1. The molecule has 0 aliphatic heterocycles. The van der Waals surface area contributed by atoms with Crippen molar-refractivity contribution < 1.29 is 17.9 Å². The molecule has 0 bridgehead atoms. The summed E-state index contributed by atoms with van der Waals surface area (Å²) in [6.45, 7) is 3.88. The highest BCUT2D eigenvalue weighted by atomic mass is 32.2. The van der Waals surface area contributed by atoms with E-state index in [9.17, 15) is 13.2 Å². The molecule has 124 valence electrons. The SMILES string of the molecule is CC[C@@H](C)NC(=O)C[C@@H](NS(C)(=O)=O)c1ccc(OC)cc1. The van der Waals surface area contributed by atoms with Crippen LogP contribution in [0.1, 0.15) is 38.3 Å². The average Bonchev–Trinajstić information content (AvgIpc) is 2.45. The van der Waals surface area contributed by atoms with Crippen molar-refractivity contribution in [2.75, 3.05) is 13.4 Å². The Labute approximate surface area is 132 Å². The maximum atomic E-state index is 12.0. The molecule has 0 fully saturated rings. The number of sulfonamides is 1. The summed E-state index contributed by atoms with van der Waals surface area (Å²) in [6, 6.07) is 6.42. The summed E-state index contributed by atoms with van der Waals surface area (Å²) in [5.74, 6) is 0.484. The molecule has 0 saturated carbocycles. The van der Waals surface area contributed by atoms with E-state index in [1.807, 2.05) is 13.8 Å². The van der Waals surface area contributed by atoms with Crippen LogP contribution in [0.5, 0.6) is 5.75 Å². The largest absolute Gasteiger partial charge is 0.497 e. The molecule has 0 radical (unpaired) electrons. The van der Waals surface area contributed by atoms with Gasteiger partial charge in [-0.2, -0.15) is 0 Å². The van der Waals surface area contributed by atoms with E-state index < -0.39 is 16.1 Å². The third kappa shape index (κ3) is 6.44. The summed E-state index contributed by atoms with van der Waals surface area (Å²) in [4.78, 5) is 12.0. The first-order valence-corrected chi connectivity index (χ1v) is 9.05. The number of methoxy groups -OCH3 is 1. The molecule has 0 spiro atoms. The van der Waals surface area contributed by atoms with E-state index in [0.717, 1.165) is 12.7 Å². The first kappa shape index (κ1) is 18.4. The molecule has 2 N–H and O–H groups in total. The molecule has 1 aromatic rings. The first-order valence-electron chi connectivity index (χ1n) is 7.15. The van der Waals surface area contributed by atoms with Crippen LogP contribution in [0, 0.1) is 0 Å². The predicted molar refractivity (Wildman–Crippen MR) is 86.2 cm³/mol. The second-order valence-electron chi connectivity index (χ2n) is 5.30. The van der Waals surface area contributed by atoms with Crippen molar-refractivity contribution in [3.63, 3.8) is 0 Å². The Morgan fingerprint density at radius 3 is 2.32 bits per heavy atom. The molecule has 0 saturated heterocycles. The third-order valence-corrected chi connectivity index (χ3v) is 4.00. The van der Waals surface area contributed by atoms with Crippen LogP contribution in [-0.2, 0) is 14.8 Å². The van der Waals surface area contributed by atoms with Crippen LogP contribution in [0.25, 0.3) is 0 Å². The number of ether oxygens (including phenoxy) is 1. The lowest BCUT2D eigenvalue weighted by Crippen LogP contribution is -2.36. The zero-order chi connectivity index (χ0) is 16.8. The van der Waals surface area contributed by atoms with Gasteiger partial charge in [-0.1, -0.05) is 19.1 Å². The highest BCUT2D eigenvalue weighted by Gasteiger charge is 2.20. The summed E-state index contributed by atoms with van der Waals surface area (Å²) in [5.41, 5.74) is 0.713. The molecule has 7 heteroatoms. The van der Waals surface area contributed by atoms with E-state index in [1.54, 1.807) is 31.4 Å². The zero-order valence-electron chi connectivity index (χ0n) is 13.4. The van der Waals surface area contributed by atoms with Gasteiger partial charge in [-0.3, -0.25) is 4.79 Å². The third-order valence-electron chi connectivity index (χ3n) is 3.28. The Hall–Kier alpha value is -1.60. The van der Waals surface area contributed by atoms with E-state index >= 15 is 0 Å². The van der Waals surface area contributed by atoms with E-state index in [4.69, 9.17) is 4.74 Å². The van der Waals surface area contributed by atoms with Crippen LogP contribution in [-0.4, -0.2) is 33.7 Å². The monoisotopic (exact) mass is 328 g/mol. The maximum Gasteiger partial charge on any atom is 0.222 e. The molecule has 1 aromatic carbocycles. The normalized spacial score (nSPS) is 14.2. The Morgan fingerprint density at radius 2 is 1.86 bits per heavy atom. The predicted octanol–water partition coefficient (Wildman–Crippen LogP) is 1.59. The van der Waals surface area contributed by atoms with Gasteiger partial charge < -0.3 is 10.1 Å². The van der Waals surface area contributed by atoms with Gasteiger partial charge in [-0.25, -0.2) is 13.1 Å². The van der Waals surface area contributed by atoms with Gasteiger partial charge in [0.15, 0.2) is 0 Å². The van der Waals surface area contributed by atoms with Crippen molar-refractivity contribution in [3.05, 3.63) is 29.8 Å². The smallest absolute Gasteiger partial charge is 0.222 e. The minimum absolute atomic E-state index is 0.0454. The summed E-state index contributed by atoms with van der Waals surface area (Å²) in [5, 5.41) is 2.84. The lowest BCUT2D eigenvalue weighted by atomic mass is 10.0. The fourth-order valence-electron chi connectivity index (χ4n) is 1.94. The van der Waals surface area contributed by atoms with Gasteiger partial charge in [0, 0.05) is 12.5 Å². The van der Waals surface area contributed by atoms with Crippen molar-refractivity contribution in [2.24, 2.45) is 0 Å². The van der Waals surface area contributed by atoms with E-state index in [-0.39, 0.29) is 18.4 Å².